The van der Waals surface area contributed by atoms with Gasteiger partial charge in [0.25, 0.3) is 0 Å². The summed E-state index contributed by atoms with van der Waals surface area (Å²) in [6.07, 6.45) is 1.27. The lowest BCUT2D eigenvalue weighted by atomic mass is 10.3. The summed E-state index contributed by atoms with van der Waals surface area (Å²) in [6, 6.07) is 6.28. The van der Waals surface area contributed by atoms with Gasteiger partial charge >= 0.3 is 12.6 Å². The number of halogens is 2. The fourth-order valence-electron chi connectivity index (χ4n) is 1.79. The number of aromatic nitrogens is 4. The summed E-state index contributed by atoms with van der Waals surface area (Å²) in [7, 11) is 0. The maximum absolute atomic E-state index is 12.2. The maximum Gasteiger partial charge on any atom is 0.387 e. The van der Waals surface area contributed by atoms with E-state index in [4.69, 9.17) is 5.73 Å². The average molecular weight is 292 g/mol. The van der Waals surface area contributed by atoms with Crippen LogP contribution in [-0.4, -0.2) is 32.4 Å². The molecule has 0 saturated carbocycles. The number of benzene rings is 1. The predicted octanol–water partition coefficient (Wildman–Crippen LogP) is 1.75. The molecule has 1 radical (unpaired) electrons. The number of amides is 1. The number of nitrogens with two attached hydrogens (primary N) is 1. The van der Waals surface area contributed by atoms with Crippen LogP contribution in [0.5, 0.6) is 5.75 Å². The third-order valence-corrected chi connectivity index (χ3v) is 2.66. The third-order valence-electron chi connectivity index (χ3n) is 2.66. The second-order valence-electron chi connectivity index (χ2n) is 4.05. The van der Waals surface area contributed by atoms with Crippen molar-refractivity contribution in [1.29, 1.82) is 0 Å². The van der Waals surface area contributed by atoms with Crippen molar-refractivity contribution in [2.24, 2.45) is 5.73 Å². The molecule has 2 aromatic heterocycles. The molecular weight excluding hydrogens is 284 g/mol. The van der Waals surface area contributed by atoms with Crippen LogP contribution in [0, 0.1) is 6.07 Å². The first-order valence-electron chi connectivity index (χ1n) is 5.75. The van der Waals surface area contributed by atoms with Gasteiger partial charge in [0, 0.05) is 18.3 Å². The molecule has 0 saturated heterocycles. The summed E-state index contributed by atoms with van der Waals surface area (Å²) in [5.41, 5.74) is 6.38. The SMILES string of the molecule is NC(=O)n1c[c]c(-c2nc3cc(OC(F)F)ccc3[nH]2)n1. The normalized spacial score (nSPS) is 11.2. The van der Waals surface area contributed by atoms with Gasteiger partial charge in [-0.15, -0.1) is 0 Å². The van der Waals surface area contributed by atoms with Gasteiger partial charge in [0.1, 0.15) is 11.4 Å². The molecule has 1 aromatic carbocycles. The Morgan fingerprint density at radius 3 is 2.95 bits per heavy atom. The molecule has 0 atom stereocenters. The minimum absolute atomic E-state index is 0.00203. The van der Waals surface area contributed by atoms with Crippen LogP contribution >= 0.6 is 0 Å². The Labute approximate surface area is 116 Å². The highest BCUT2D eigenvalue weighted by Gasteiger charge is 2.12. The van der Waals surface area contributed by atoms with Crippen molar-refractivity contribution >= 4 is 17.1 Å². The van der Waals surface area contributed by atoms with Gasteiger partial charge in [-0.1, -0.05) is 0 Å². The van der Waals surface area contributed by atoms with Gasteiger partial charge in [-0.05, 0) is 12.1 Å². The summed E-state index contributed by atoms with van der Waals surface area (Å²) in [4.78, 5) is 18.1. The topological polar surface area (TPSA) is 98.8 Å². The van der Waals surface area contributed by atoms with Gasteiger partial charge < -0.3 is 15.5 Å². The molecule has 0 bridgehead atoms. The fourth-order valence-corrected chi connectivity index (χ4v) is 1.79. The summed E-state index contributed by atoms with van der Waals surface area (Å²) >= 11 is 0. The molecule has 9 heteroatoms. The van der Waals surface area contributed by atoms with E-state index in [1.807, 2.05) is 0 Å². The van der Waals surface area contributed by atoms with Gasteiger partial charge in [-0.25, -0.2) is 9.78 Å². The first-order chi connectivity index (χ1) is 10.0. The second-order valence-corrected chi connectivity index (χ2v) is 4.05. The van der Waals surface area contributed by atoms with Crippen molar-refractivity contribution in [3.8, 4) is 17.3 Å². The van der Waals surface area contributed by atoms with E-state index in [0.717, 1.165) is 4.68 Å². The molecule has 3 N–H and O–H groups in total. The predicted molar refractivity (Wildman–Crippen MR) is 67.8 cm³/mol. The van der Waals surface area contributed by atoms with Gasteiger partial charge in [-0.3, -0.25) is 0 Å². The minimum Gasteiger partial charge on any atom is -0.435 e. The molecule has 2 heterocycles. The Balaban J connectivity index is 1.98. The summed E-state index contributed by atoms with van der Waals surface area (Å²) < 4.78 is 29.5. The van der Waals surface area contributed by atoms with E-state index < -0.39 is 12.6 Å². The van der Waals surface area contributed by atoms with Crippen molar-refractivity contribution in [1.82, 2.24) is 19.7 Å². The number of aromatic amines is 1. The zero-order valence-electron chi connectivity index (χ0n) is 10.4. The molecule has 1 amide bonds. The number of nitrogens with one attached hydrogen (secondary N) is 1. The molecule has 0 aliphatic heterocycles. The van der Waals surface area contributed by atoms with Crippen LogP contribution in [0.3, 0.4) is 0 Å². The van der Waals surface area contributed by atoms with E-state index in [1.54, 1.807) is 6.07 Å². The number of hydrogen-bond donors (Lipinski definition) is 2. The van der Waals surface area contributed by atoms with Crippen molar-refractivity contribution in [2.45, 2.75) is 6.61 Å². The molecule has 7 nitrogen and oxygen atoms in total. The van der Waals surface area contributed by atoms with Crippen molar-refractivity contribution < 1.29 is 18.3 Å². The first kappa shape index (κ1) is 13.0. The van der Waals surface area contributed by atoms with Crippen molar-refractivity contribution in [2.75, 3.05) is 0 Å². The fraction of sp³-hybridized carbons (Fsp3) is 0.0833. The molecule has 0 unspecified atom stereocenters. The van der Waals surface area contributed by atoms with Crippen molar-refractivity contribution in [3.63, 3.8) is 0 Å². The largest absolute Gasteiger partial charge is 0.435 e. The Bertz CT molecular complexity index is 811. The van der Waals surface area contributed by atoms with Crippen molar-refractivity contribution in [3.05, 3.63) is 30.5 Å². The number of ether oxygens (including phenoxy) is 1. The van der Waals surface area contributed by atoms with Crippen LogP contribution in [0.25, 0.3) is 22.6 Å². The average Bonchev–Trinajstić information content (AvgIpc) is 3.03. The molecule has 0 spiro atoms. The number of H-pyrrole nitrogens is 1. The second kappa shape index (κ2) is 4.85. The highest BCUT2D eigenvalue weighted by atomic mass is 19.3. The molecule has 21 heavy (non-hydrogen) atoms. The van der Waals surface area contributed by atoms with E-state index in [1.165, 1.54) is 18.3 Å². The molecule has 3 rings (SSSR count). The Hall–Kier alpha value is -2.97. The number of imidazole rings is 1. The van der Waals surface area contributed by atoms with Gasteiger partial charge in [-0.2, -0.15) is 18.6 Å². The minimum atomic E-state index is -2.90. The Morgan fingerprint density at radius 1 is 1.48 bits per heavy atom. The first-order valence-corrected chi connectivity index (χ1v) is 5.75. The number of alkyl halides is 2. The van der Waals surface area contributed by atoms with Crippen LogP contribution in [0.2, 0.25) is 0 Å². The Kier molecular flexibility index (Phi) is 3.01. The van der Waals surface area contributed by atoms with E-state index in [-0.39, 0.29) is 11.4 Å². The van der Waals surface area contributed by atoms with Gasteiger partial charge in [0.2, 0.25) is 0 Å². The number of rotatable bonds is 3. The van der Waals surface area contributed by atoms with Crippen LogP contribution in [-0.2, 0) is 0 Å². The summed E-state index contributed by atoms with van der Waals surface area (Å²) in [6.45, 7) is -2.90. The number of carbonyl (C=O) groups excluding carboxylic acids is 1. The van der Waals surface area contributed by atoms with Crippen LogP contribution in [0.1, 0.15) is 0 Å². The zero-order chi connectivity index (χ0) is 15.0. The van der Waals surface area contributed by atoms with Crippen LogP contribution in [0.15, 0.2) is 24.4 Å². The standard InChI is InChI=1S/C12H8F2N5O2/c13-11(14)21-6-1-2-7-9(5-6)17-10(16-7)8-3-4-19(18-8)12(15)20/h1-2,4-5,11H,(H2,15,20)(H,16,17). The van der Waals surface area contributed by atoms with Gasteiger partial charge in [0.05, 0.1) is 11.0 Å². The monoisotopic (exact) mass is 292 g/mol. The van der Waals surface area contributed by atoms with E-state index in [2.05, 4.69) is 25.9 Å². The molecular formula is C12H8F2N5O2. The molecule has 0 aliphatic rings. The smallest absolute Gasteiger partial charge is 0.387 e. The number of primary amides is 1. The van der Waals surface area contributed by atoms with Gasteiger partial charge in [0.15, 0.2) is 5.82 Å². The summed E-state index contributed by atoms with van der Waals surface area (Å²) in [5, 5.41) is 3.89. The third kappa shape index (κ3) is 2.53. The molecule has 107 valence electrons. The highest BCUT2D eigenvalue weighted by Crippen LogP contribution is 2.23. The number of carbonyl (C=O) groups is 1. The highest BCUT2D eigenvalue weighted by molar-refractivity contribution is 5.80. The number of nitrogens with zero attached hydrogens (tertiary/aromatic N) is 3. The molecule has 0 aliphatic carbocycles. The number of hydrogen-bond acceptors (Lipinski definition) is 4. The van der Waals surface area contributed by atoms with E-state index in [0.29, 0.717) is 16.9 Å². The Morgan fingerprint density at radius 2 is 2.29 bits per heavy atom. The lowest BCUT2D eigenvalue weighted by Crippen LogP contribution is -2.19. The zero-order valence-corrected chi connectivity index (χ0v) is 10.4. The lowest BCUT2D eigenvalue weighted by molar-refractivity contribution is -0.0497. The van der Waals surface area contributed by atoms with E-state index >= 15 is 0 Å². The quantitative estimate of drug-likeness (QED) is 0.768. The van der Waals surface area contributed by atoms with Crippen LogP contribution < -0.4 is 10.5 Å². The molecule has 3 aromatic rings. The summed E-state index contributed by atoms with van der Waals surface area (Å²) in [5.74, 6) is 0.335. The maximum atomic E-state index is 12.2. The number of fused-ring (bicyclic) bond motifs is 1. The van der Waals surface area contributed by atoms with E-state index in [9.17, 15) is 13.6 Å². The van der Waals surface area contributed by atoms with Crippen LogP contribution in [0.4, 0.5) is 13.6 Å². The molecule has 0 fully saturated rings. The lowest BCUT2D eigenvalue weighted by Gasteiger charge is -2.02.